The van der Waals surface area contributed by atoms with E-state index < -0.39 is 10.1 Å². The zero-order valence-corrected chi connectivity index (χ0v) is 23.9. The van der Waals surface area contributed by atoms with Gasteiger partial charge in [0.25, 0.3) is 0 Å². The summed E-state index contributed by atoms with van der Waals surface area (Å²) in [6.45, 7) is 13.0. The van der Waals surface area contributed by atoms with Crippen LogP contribution in [0.3, 0.4) is 0 Å². The number of anilines is 1. The number of aryl methyl sites for hydroxylation is 1. The normalized spacial score (nSPS) is 12.6. The Bertz CT molecular complexity index is 1500. The first-order chi connectivity index (χ1) is 16.7. The summed E-state index contributed by atoms with van der Waals surface area (Å²) >= 11 is 3.34. The SMILES string of the molecule is Cc1ccn2c(NC(C)(C)CC(C)(C)C)c(-c3ccccc3OS(=O)(=O)c3ccc(Br)cc3)nc2c1. The number of halogens is 1. The van der Waals surface area contributed by atoms with Gasteiger partial charge in [-0.25, -0.2) is 4.98 Å². The predicted octanol–water partition coefficient (Wildman–Crippen LogP) is 7.47. The summed E-state index contributed by atoms with van der Waals surface area (Å²) in [5.74, 6) is 1.01. The van der Waals surface area contributed by atoms with E-state index in [4.69, 9.17) is 9.17 Å². The van der Waals surface area contributed by atoms with Crippen LogP contribution in [0.2, 0.25) is 0 Å². The van der Waals surface area contributed by atoms with E-state index in [2.05, 4.69) is 55.9 Å². The number of imidazole rings is 1. The average Bonchev–Trinajstić information content (AvgIpc) is 3.08. The third kappa shape index (κ3) is 5.93. The number of benzene rings is 2. The fourth-order valence-electron chi connectivity index (χ4n) is 4.65. The zero-order chi connectivity index (χ0) is 26.3. The Balaban J connectivity index is 1.83. The molecule has 0 amide bonds. The molecular weight excluding hydrogens is 538 g/mol. The molecule has 2 heterocycles. The molecule has 0 radical (unpaired) electrons. The highest BCUT2D eigenvalue weighted by atomic mass is 79.9. The molecule has 8 heteroatoms. The number of para-hydroxylation sites is 1. The van der Waals surface area contributed by atoms with Crippen LogP contribution in [0.1, 0.15) is 46.6 Å². The van der Waals surface area contributed by atoms with Gasteiger partial charge in [-0.2, -0.15) is 8.42 Å². The van der Waals surface area contributed by atoms with Gasteiger partial charge >= 0.3 is 10.1 Å². The number of pyridine rings is 1. The molecule has 0 aliphatic heterocycles. The molecule has 2 aromatic carbocycles. The van der Waals surface area contributed by atoms with Gasteiger partial charge in [0, 0.05) is 21.8 Å². The van der Waals surface area contributed by atoms with Crippen molar-refractivity contribution in [3.63, 3.8) is 0 Å². The number of nitrogens with zero attached hydrogens (tertiary/aromatic N) is 2. The molecule has 0 bridgehead atoms. The van der Waals surface area contributed by atoms with E-state index in [0.29, 0.717) is 11.3 Å². The van der Waals surface area contributed by atoms with E-state index in [9.17, 15) is 8.42 Å². The van der Waals surface area contributed by atoms with Crippen LogP contribution in [0.4, 0.5) is 5.82 Å². The second-order valence-corrected chi connectivity index (χ2v) is 13.4. The van der Waals surface area contributed by atoms with Gasteiger partial charge in [-0.1, -0.05) is 48.8 Å². The van der Waals surface area contributed by atoms with Crippen molar-refractivity contribution in [2.45, 2.75) is 58.4 Å². The lowest BCUT2D eigenvalue weighted by atomic mass is 9.82. The van der Waals surface area contributed by atoms with Crippen LogP contribution in [-0.2, 0) is 10.1 Å². The van der Waals surface area contributed by atoms with E-state index in [1.807, 2.05) is 41.8 Å². The summed E-state index contributed by atoms with van der Waals surface area (Å²) in [6.07, 6.45) is 2.90. The van der Waals surface area contributed by atoms with Gasteiger partial charge in [0.05, 0.1) is 0 Å². The summed E-state index contributed by atoms with van der Waals surface area (Å²) in [5.41, 5.74) is 2.92. The van der Waals surface area contributed by atoms with Gasteiger partial charge in [0.2, 0.25) is 0 Å². The number of rotatable bonds is 7. The molecule has 0 spiro atoms. The fraction of sp³-hybridized carbons (Fsp3) is 0.321. The third-order valence-corrected chi connectivity index (χ3v) is 7.43. The molecule has 0 saturated heterocycles. The standard InChI is InChI=1S/C28H32BrN3O3S/c1-19-15-16-32-24(17-19)30-25(26(32)31-28(5,6)18-27(2,3)4)22-9-7-8-10-23(22)35-36(33,34)21-13-11-20(29)12-14-21/h7-17,31H,18H2,1-6H3. The number of fused-ring (bicyclic) bond motifs is 1. The molecule has 0 fully saturated rings. The number of aromatic nitrogens is 2. The van der Waals surface area contributed by atoms with Crippen molar-refractivity contribution in [2.24, 2.45) is 5.41 Å². The van der Waals surface area contributed by atoms with Crippen molar-refractivity contribution < 1.29 is 12.6 Å². The van der Waals surface area contributed by atoms with Crippen LogP contribution in [0, 0.1) is 12.3 Å². The van der Waals surface area contributed by atoms with Gasteiger partial charge in [-0.3, -0.25) is 4.40 Å². The van der Waals surface area contributed by atoms with Crippen LogP contribution in [0.25, 0.3) is 16.9 Å². The summed E-state index contributed by atoms with van der Waals surface area (Å²) in [5, 5.41) is 3.70. The van der Waals surface area contributed by atoms with Gasteiger partial charge < -0.3 is 9.50 Å². The molecule has 4 rings (SSSR count). The van der Waals surface area contributed by atoms with Crippen LogP contribution in [-0.4, -0.2) is 23.3 Å². The molecule has 0 aliphatic rings. The minimum atomic E-state index is -4.05. The van der Waals surface area contributed by atoms with Crippen molar-refractivity contribution in [1.82, 2.24) is 9.38 Å². The second-order valence-electron chi connectivity index (χ2n) is 11.0. The summed E-state index contributed by atoms with van der Waals surface area (Å²) in [7, 11) is -4.05. The van der Waals surface area contributed by atoms with E-state index in [1.54, 1.807) is 24.3 Å². The number of hydrogen-bond acceptors (Lipinski definition) is 5. The lowest BCUT2D eigenvalue weighted by molar-refractivity contribution is 0.302. The summed E-state index contributed by atoms with van der Waals surface area (Å²) < 4.78 is 34.7. The molecule has 6 nitrogen and oxygen atoms in total. The maximum atomic E-state index is 13.1. The van der Waals surface area contributed by atoms with E-state index in [0.717, 1.165) is 27.9 Å². The Morgan fingerprint density at radius 2 is 1.67 bits per heavy atom. The first-order valence-corrected chi connectivity index (χ1v) is 14.0. The summed E-state index contributed by atoms with van der Waals surface area (Å²) in [4.78, 5) is 5.00. The van der Waals surface area contributed by atoms with Crippen LogP contribution in [0.15, 0.2) is 76.2 Å². The lowest BCUT2D eigenvalue weighted by Crippen LogP contribution is -2.36. The summed E-state index contributed by atoms with van der Waals surface area (Å²) in [6, 6.07) is 17.5. The van der Waals surface area contributed by atoms with Crippen molar-refractivity contribution in [1.29, 1.82) is 0 Å². The minimum absolute atomic E-state index is 0.0794. The average molecular weight is 571 g/mol. The molecule has 4 aromatic rings. The van der Waals surface area contributed by atoms with Crippen molar-refractivity contribution in [3.8, 4) is 17.0 Å². The molecule has 1 N–H and O–H groups in total. The van der Waals surface area contributed by atoms with E-state index in [-0.39, 0.29) is 21.6 Å². The monoisotopic (exact) mass is 569 g/mol. The van der Waals surface area contributed by atoms with E-state index in [1.165, 1.54) is 12.1 Å². The van der Waals surface area contributed by atoms with E-state index >= 15 is 0 Å². The Morgan fingerprint density at radius 3 is 2.33 bits per heavy atom. The molecule has 0 saturated carbocycles. The van der Waals surface area contributed by atoms with Gasteiger partial charge in [-0.15, -0.1) is 0 Å². The van der Waals surface area contributed by atoms with Gasteiger partial charge in [0.1, 0.15) is 22.1 Å². The maximum Gasteiger partial charge on any atom is 0.339 e. The molecule has 36 heavy (non-hydrogen) atoms. The molecule has 0 atom stereocenters. The first kappa shape index (κ1) is 26.2. The van der Waals surface area contributed by atoms with Gasteiger partial charge in [0.15, 0.2) is 5.75 Å². The topological polar surface area (TPSA) is 72.7 Å². The Kier molecular flexibility index (Phi) is 6.96. The second kappa shape index (κ2) is 9.56. The highest BCUT2D eigenvalue weighted by molar-refractivity contribution is 9.10. The fourth-order valence-corrected chi connectivity index (χ4v) is 5.86. The molecule has 0 aliphatic carbocycles. The van der Waals surface area contributed by atoms with Gasteiger partial charge in [-0.05, 0) is 86.7 Å². The largest absolute Gasteiger partial charge is 0.378 e. The molecule has 0 unspecified atom stereocenters. The Hall–Kier alpha value is -2.84. The maximum absolute atomic E-state index is 13.1. The molecule has 2 aromatic heterocycles. The highest BCUT2D eigenvalue weighted by Gasteiger charge is 2.29. The van der Waals surface area contributed by atoms with Crippen molar-refractivity contribution >= 4 is 37.5 Å². The molecular formula is C28H32BrN3O3S. The van der Waals surface area contributed by atoms with Crippen molar-refractivity contribution in [2.75, 3.05) is 5.32 Å². The lowest BCUT2D eigenvalue weighted by Gasteiger charge is -2.34. The smallest absolute Gasteiger partial charge is 0.339 e. The first-order valence-electron chi connectivity index (χ1n) is 11.8. The minimum Gasteiger partial charge on any atom is -0.378 e. The van der Waals surface area contributed by atoms with Crippen LogP contribution >= 0.6 is 15.9 Å². The third-order valence-electron chi connectivity index (χ3n) is 5.65. The quantitative estimate of drug-likeness (QED) is 0.234. The molecule has 190 valence electrons. The van der Waals surface area contributed by atoms with Crippen LogP contribution < -0.4 is 9.50 Å². The Labute approximate surface area is 222 Å². The zero-order valence-electron chi connectivity index (χ0n) is 21.5. The number of hydrogen-bond donors (Lipinski definition) is 1. The van der Waals surface area contributed by atoms with Crippen molar-refractivity contribution in [3.05, 3.63) is 76.9 Å². The Morgan fingerprint density at radius 1 is 1.00 bits per heavy atom. The number of nitrogens with one attached hydrogen (secondary N) is 1. The van der Waals surface area contributed by atoms with Crippen LogP contribution in [0.5, 0.6) is 5.75 Å². The predicted molar refractivity (Wildman–Crippen MR) is 149 cm³/mol. The highest BCUT2D eigenvalue weighted by Crippen LogP contribution is 2.39.